The predicted molar refractivity (Wildman–Crippen MR) is 103 cm³/mol. The molecule has 9 heteroatoms. The van der Waals surface area contributed by atoms with E-state index in [9.17, 15) is 4.79 Å². The minimum absolute atomic E-state index is 0.0448. The number of H-pyrrole nitrogens is 1. The van der Waals surface area contributed by atoms with E-state index in [0.29, 0.717) is 5.95 Å². The number of ether oxygens (including phenoxy) is 1. The van der Waals surface area contributed by atoms with Crippen LogP contribution in [0.4, 0.5) is 5.95 Å². The van der Waals surface area contributed by atoms with Crippen molar-refractivity contribution in [1.82, 2.24) is 29.7 Å². The number of anilines is 1. The second-order valence-electron chi connectivity index (χ2n) is 6.92. The molecule has 0 radical (unpaired) electrons. The van der Waals surface area contributed by atoms with Gasteiger partial charge >= 0.3 is 5.97 Å². The summed E-state index contributed by atoms with van der Waals surface area (Å²) in [5.41, 5.74) is 3.39. The van der Waals surface area contributed by atoms with Crippen LogP contribution in [-0.2, 0) is 9.53 Å². The quantitative estimate of drug-likeness (QED) is 0.545. The minimum atomic E-state index is -0.136. The van der Waals surface area contributed by atoms with Crippen LogP contribution in [0.2, 0.25) is 0 Å². The van der Waals surface area contributed by atoms with Gasteiger partial charge in [0.2, 0.25) is 5.95 Å². The van der Waals surface area contributed by atoms with Crippen molar-refractivity contribution in [2.24, 2.45) is 5.92 Å². The van der Waals surface area contributed by atoms with Crippen LogP contribution in [0.1, 0.15) is 12.8 Å². The number of fused-ring (bicyclic) bond motifs is 2. The van der Waals surface area contributed by atoms with Gasteiger partial charge in [-0.25, -0.2) is 9.97 Å². The lowest BCUT2D eigenvalue weighted by Crippen LogP contribution is -2.37. The van der Waals surface area contributed by atoms with Gasteiger partial charge in [0.05, 0.1) is 36.6 Å². The Labute approximate surface area is 160 Å². The van der Waals surface area contributed by atoms with E-state index < -0.39 is 0 Å². The van der Waals surface area contributed by atoms with Crippen molar-refractivity contribution >= 4 is 34.0 Å². The molecular weight excluding hydrogens is 358 g/mol. The summed E-state index contributed by atoms with van der Waals surface area (Å²) in [6.45, 7) is 1.44. The third-order valence-electron chi connectivity index (χ3n) is 5.29. The van der Waals surface area contributed by atoms with Crippen LogP contribution >= 0.6 is 0 Å². The van der Waals surface area contributed by atoms with Gasteiger partial charge in [-0.15, -0.1) is 0 Å². The van der Waals surface area contributed by atoms with Gasteiger partial charge in [0.1, 0.15) is 11.8 Å². The van der Waals surface area contributed by atoms with Crippen molar-refractivity contribution < 1.29 is 9.53 Å². The van der Waals surface area contributed by atoms with E-state index in [4.69, 9.17) is 9.72 Å². The molecule has 5 rings (SSSR count). The normalized spacial score (nSPS) is 15.4. The standard InChI is InChI=1S/C19H19N7O2/c1-28-18(27)12-4-6-25(7-5-12)19-20-10-16-17(23-19)26(11-21-16)14-3-2-13-9-22-24-15(13)8-14/h2-3,8-12H,4-7H2,1H3,(H,22,24). The average Bonchev–Trinajstić information content (AvgIpc) is 3.39. The van der Waals surface area contributed by atoms with Crippen LogP contribution in [0.15, 0.2) is 36.9 Å². The molecule has 28 heavy (non-hydrogen) atoms. The summed E-state index contributed by atoms with van der Waals surface area (Å²) in [5.74, 6) is 0.472. The van der Waals surface area contributed by atoms with Crippen molar-refractivity contribution in [1.29, 1.82) is 0 Å². The van der Waals surface area contributed by atoms with Gasteiger partial charge in [-0.2, -0.15) is 10.1 Å². The number of piperidine rings is 1. The molecule has 0 aliphatic carbocycles. The summed E-state index contributed by atoms with van der Waals surface area (Å²) in [6.07, 6.45) is 6.77. The van der Waals surface area contributed by atoms with E-state index in [1.54, 1.807) is 18.7 Å². The van der Waals surface area contributed by atoms with E-state index >= 15 is 0 Å². The highest BCUT2D eigenvalue weighted by molar-refractivity contribution is 5.81. The number of benzene rings is 1. The minimum Gasteiger partial charge on any atom is -0.469 e. The molecule has 1 aliphatic heterocycles. The molecule has 1 aromatic carbocycles. The first-order valence-electron chi connectivity index (χ1n) is 9.19. The molecule has 4 heterocycles. The molecule has 1 saturated heterocycles. The number of rotatable bonds is 3. The molecule has 0 spiro atoms. The van der Waals surface area contributed by atoms with Crippen LogP contribution in [0.5, 0.6) is 0 Å². The van der Waals surface area contributed by atoms with E-state index in [1.165, 1.54) is 7.11 Å². The summed E-state index contributed by atoms with van der Waals surface area (Å²) in [6, 6.07) is 6.05. The van der Waals surface area contributed by atoms with Gasteiger partial charge in [0.15, 0.2) is 5.65 Å². The Kier molecular flexibility index (Phi) is 3.92. The molecule has 0 amide bonds. The third kappa shape index (κ3) is 2.75. The Balaban J connectivity index is 1.46. The number of methoxy groups -OCH3 is 1. The number of aromatic amines is 1. The maximum atomic E-state index is 11.7. The molecule has 142 valence electrons. The zero-order chi connectivity index (χ0) is 19.1. The lowest BCUT2D eigenvalue weighted by atomic mass is 9.97. The smallest absolute Gasteiger partial charge is 0.308 e. The number of nitrogens with one attached hydrogen (secondary N) is 1. The molecule has 1 aliphatic rings. The predicted octanol–water partition coefficient (Wildman–Crippen LogP) is 2.08. The number of imidazole rings is 1. The lowest BCUT2D eigenvalue weighted by molar-refractivity contribution is -0.146. The van der Waals surface area contributed by atoms with E-state index in [2.05, 4.69) is 25.1 Å². The van der Waals surface area contributed by atoms with E-state index in [-0.39, 0.29) is 11.9 Å². The molecule has 0 saturated carbocycles. The van der Waals surface area contributed by atoms with Gasteiger partial charge in [0.25, 0.3) is 0 Å². The lowest BCUT2D eigenvalue weighted by Gasteiger charge is -2.30. The molecule has 0 atom stereocenters. The Morgan fingerprint density at radius 3 is 2.89 bits per heavy atom. The van der Waals surface area contributed by atoms with Crippen LogP contribution in [0.25, 0.3) is 27.8 Å². The molecule has 1 fully saturated rings. The van der Waals surface area contributed by atoms with Crippen molar-refractivity contribution in [3.05, 3.63) is 36.9 Å². The summed E-state index contributed by atoms with van der Waals surface area (Å²) >= 11 is 0. The second kappa shape index (κ2) is 6.59. The average molecular weight is 377 g/mol. The maximum absolute atomic E-state index is 11.7. The molecule has 0 unspecified atom stereocenters. The van der Waals surface area contributed by atoms with Crippen molar-refractivity contribution in [3.63, 3.8) is 0 Å². The van der Waals surface area contributed by atoms with Crippen LogP contribution < -0.4 is 4.90 Å². The number of nitrogens with zero attached hydrogens (tertiary/aromatic N) is 6. The fraction of sp³-hybridized carbons (Fsp3) is 0.316. The highest BCUT2D eigenvalue weighted by Crippen LogP contribution is 2.24. The molecule has 9 nitrogen and oxygen atoms in total. The fourth-order valence-corrected chi connectivity index (χ4v) is 3.70. The SMILES string of the molecule is COC(=O)C1CCN(c2ncc3ncn(-c4ccc5cn[nH]c5c4)c3n2)CC1. The van der Waals surface area contributed by atoms with E-state index in [0.717, 1.165) is 53.7 Å². The first-order valence-corrected chi connectivity index (χ1v) is 9.19. The second-order valence-corrected chi connectivity index (χ2v) is 6.92. The highest BCUT2D eigenvalue weighted by atomic mass is 16.5. The van der Waals surface area contributed by atoms with Gasteiger partial charge in [0, 0.05) is 18.5 Å². The maximum Gasteiger partial charge on any atom is 0.308 e. The topological polar surface area (TPSA) is 102 Å². The van der Waals surface area contributed by atoms with Crippen molar-refractivity contribution in [2.75, 3.05) is 25.1 Å². The van der Waals surface area contributed by atoms with Gasteiger partial charge in [-0.1, -0.05) is 0 Å². The third-order valence-corrected chi connectivity index (χ3v) is 5.29. The van der Waals surface area contributed by atoms with Gasteiger partial charge in [-0.05, 0) is 31.0 Å². The summed E-state index contributed by atoms with van der Waals surface area (Å²) < 4.78 is 6.81. The Bertz CT molecular complexity index is 1160. The van der Waals surface area contributed by atoms with Crippen molar-refractivity contribution in [3.8, 4) is 5.69 Å². The number of esters is 1. The molecule has 3 aromatic heterocycles. The largest absolute Gasteiger partial charge is 0.469 e. The first kappa shape index (κ1) is 16.7. The summed E-state index contributed by atoms with van der Waals surface area (Å²) in [4.78, 5) is 27.5. The van der Waals surface area contributed by atoms with Crippen molar-refractivity contribution in [2.45, 2.75) is 12.8 Å². The van der Waals surface area contributed by atoms with Crippen LogP contribution in [0, 0.1) is 5.92 Å². The van der Waals surface area contributed by atoms with Crippen LogP contribution in [0.3, 0.4) is 0 Å². The monoisotopic (exact) mass is 377 g/mol. The Morgan fingerprint density at radius 1 is 1.21 bits per heavy atom. The number of carbonyl (C=O) groups excluding carboxylic acids is 1. The number of hydrogen-bond acceptors (Lipinski definition) is 7. The Morgan fingerprint density at radius 2 is 2.07 bits per heavy atom. The zero-order valence-electron chi connectivity index (χ0n) is 15.4. The van der Waals surface area contributed by atoms with Gasteiger partial charge < -0.3 is 9.64 Å². The highest BCUT2D eigenvalue weighted by Gasteiger charge is 2.27. The van der Waals surface area contributed by atoms with Gasteiger partial charge in [-0.3, -0.25) is 14.5 Å². The molecular formula is C19H19N7O2. The van der Waals surface area contributed by atoms with Crippen LogP contribution in [-0.4, -0.2) is 55.9 Å². The number of carbonyl (C=O) groups is 1. The molecule has 0 bridgehead atoms. The zero-order valence-corrected chi connectivity index (χ0v) is 15.4. The fourth-order valence-electron chi connectivity index (χ4n) is 3.70. The molecule has 4 aromatic rings. The number of hydrogen-bond donors (Lipinski definition) is 1. The number of aromatic nitrogens is 6. The Hall–Kier alpha value is -3.49. The summed E-state index contributed by atoms with van der Waals surface area (Å²) in [5, 5.41) is 8.11. The summed E-state index contributed by atoms with van der Waals surface area (Å²) in [7, 11) is 1.44. The molecule has 1 N–H and O–H groups in total. The van der Waals surface area contributed by atoms with E-state index in [1.807, 2.05) is 22.8 Å². The first-order chi connectivity index (χ1) is 13.7.